The lowest BCUT2D eigenvalue weighted by Crippen LogP contribution is -2.54. The molecular weight excluding hydrogens is 743 g/mol. The molecule has 300 valence electrons. The Morgan fingerprint density at radius 3 is 2.31 bits per heavy atom. The van der Waals surface area contributed by atoms with Gasteiger partial charge in [0.15, 0.2) is 11.5 Å². The molecule has 58 heavy (non-hydrogen) atoms. The minimum Gasteiger partial charge on any atom is -0.371 e. The summed E-state index contributed by atoms with van der Waals surface area (Å²) in [5.74, 6) is -1.40. The molecule has 17 heteroatoms. The fraction of sp³-hybridized carbons (Fsp3) is 0.415. The van der Waals surface area contributed by atoms with Crippen LogP contribution in [0.3, 0.4) is 0 Å². The maximum Gasteiger partial charge on any atom is 0.328 e. The van der Waals surface area contributed by atoms with Crippen molar-refractivity contribution in [2.45, 2.75) is 62.6 Å². The third-order valence-corrected chi connectivity index (χ3v) is 12.4. The zero-order valence-electron chi connectivity index (χ0n) is 32.2. The number of imidazole rings is 1. The number of fused-ring (bicyclic) bond motifs is 1. The van der Waals surface area contributed by atoms with Gasteiger partial charge in [0.25, 0.3) is 17.7 Å². The molecule has 9 rings (SSSR count). The first-order valence-electron chi connectivity index (χ1n) is 19.9. The van der Waals surface area contributed by atoms with Crippen molar-refractivity contribution in [3.05, 3.63) is 93.9 Å². The number of imide groups is 2. The molecule has 2 aromatic heterocycles. The minimum atomic E-state index is -0.983. The second kappa shape index (κ2) is 14.9. The van der Waals surface area contributed by atoms with Crippen LogP contribution in [0.15, 0.2) is 65.8 Å². The summed E-state index contributed by atoms with van der Waals surface area (Å²) in [7, 11) is 1.74. The van der Waals surface area contributed by atoms with Crippen LogP contribution in [0.2, 0.25) is 0 Å². The molecule has 0 spiro atoms. The van der Waals surface area contributed by atoms with Crippen molar-refractivity contribution < 1.29 is 24.0 Å². The smallest absolute Gasteiger partial charge is 0.328 e. The number of anilines is 4. The Morgan fingerprint density at radius 2 is 1.60 bits per heavy atom. The Hall–Kier alpha value is -6.36. The van der Waals surface area contributed by atoms with Crippen molar-refractivity contribution in [2.24, 2.45) is 12.8 Å². The van der Waals surface area contributed by atoms with Gasteiger partial charge >= 0.3 is 5.69 Å². The molecule has 0 saturated carbocycles. The van der Waals surface area contributed by atoms with Gasteiger partial charge in [-0.15, -0.1) is 0 Å². The molecule has 5 aliphatic rings. The van der Waals surface area contributed by atoms with Gasteiger partial charge in [-0.1, -0.05) is 12.1 Å². The number of piperidine rings is 3. The highest BCUT2D eigenvalue weighted by Gasteiger charge is 2.45. The highest BCUT2D eigenvalue weighted by molar-refractivity contribution is 6.23. The molecule has 4 N–H and O–H groups in total. The predicted octanol–water partition coefficient (Wildman–Crippen LogP) is 2.13. The number of aromatic nitrogens is 4. The number of amides is 5. The van der Waals surface area contributed by atoms with Gasteiger partial charge in [0.1, 0.15) is 11.9 Å². The molecule has 17 nitrogen and oxygen atoms in total. The van der Waals surface area contributed by atoms with Gasteiger partial charge < -0.3 is 25.4 Å². The fourth-order valence-corrected chi connectivity index (χ4v) is 9.09. The zero-order valence-corrected chi connectivity index (χ0v) is 32.2. The van der Waals surface area contributed by atoms with E-state index in [1.54, 1.807) is 40.7 Å². The van der Waals surface area contributed by atoms with Gasteiger partial charge in [-0.05, 0) is 68.0 Å². The van der Waals surface area contributed by atoms with Crippen LogP contribution in [0.4, 0.5) is 23.0 Å². The Bertz CT molecular complexity index is 2380. The fourth-order valence-electron chi connectivity index (χ4n) is 9.09. The molecule has 2 atom stereocenters. The number of nitrogens with one attached hydrogen (secondary N) is 2. The predicted molar refractivity (Wildman–Crippen MR) is 213 cm³/mol. The monoisotopic (exact) mass is 787 g/mol. The summed E-state index contributed by atoms with van der Waals surface area (Å²) in [5, 5.41) is 5.51. The molecule has 5 aliphatic heterocycles. The van der Waals surface area contributed by atoms with Crippen LogP contribution in [0.1, 0.15) is 87.3 Å². The van der Waals surface area contributed by atoms with E-state index in [1.165, 1.54) is 5.56 Å². The van der Waals surface area contributed by atoms with E-state index in [0.717, 1.165) is 74.7 Å². The van der Waals surface area contributed by atoms with E-state index in [1.807, 2.05) is 24.4 Å². The first kappa shape index (κ1) is 37.2. The molecule has 0 bridgehead atoms. The van der Waals surface area contributed by atoms with Crippen LogP contribution in [0.5, 0.6) is 0 Å². The Morgan fingerprint density at radius 1 is 0.845 bits per heavy atom. The number of carbonyl (C=O) groups excluding carboxylic acids is 5. The van der Waals surface area contributed by atoms with E-state index in [2.05, 4.69) is 42.5 Å². The largest absolute Gasteiger partial charge is 0.371 e. The molecular formula is C41H45N11O6. The lowest BCUT2D eigenvalue weighted by atomic mass is 9.88. The molecule has 4 aromatic rings. The number of hydrogen-bond acceptors (Lipinski definition) is 12. The quantitative estimate of drug-likeness (QED) is 0.209. The van der Waals surface area contributed by atoms with E-state index < -0.39 is 35.6 Å². The summed E-state index contributed by atoms with van der Waals surface area (Å²) < 4.78 is 3.33. The molecule has 4 saturated heterocycles. The number of nitrogens with zero attached hydrogens (tertiary/aromatic N) is 8. The van der Waals surface area contributed by atoms with Gasteiger partial charge in [0.2, 0.25) is 11.8 Å². The number of rotatable bonds is 9. The summed E-state index contributed by atoms with van der Waals surface area (Å²) >= 11 is 0. The maximum atomic E-state index is 13.3. The second-order valence-corrected chi connectivity index (χ2v) is 15.9. The number of hydrogen-bond donors (Lipinski definition) is 3. The molecule has 5 amide bonds. The average Bonchev–Trinajstić information content (AvgIpc) is 3.67. The topological polar surface area (TPSA) is 201 Å². The minimum absolute atomic E-state index is 0.000204. The second-order valence-electron chi connectivity index (χ2n) is 15.9. The van der Waals surface area contributed by atoms with E-state index in [4.69, 9.17) is 10.7 Å². The Kier molecular flexibility index (Phi) is 9.54. The third-order valence-electron chi connectivity index (χ3n) is 12.4. The number of aryl methyl sites for hydroxylation is 1. The van der Waals surface area contributed by atoms with Crippen molar-refractivity contribution in [1.82, 2.24) is 34.2 Å². The van der Waals surface area contributed by atoms with Crippen molar-refractivity contribution in [3.63, 3.8) is 0 Å². The van der Waals surface area contributed by atoms with Crippen LogP contribution in [-0.2, 0) is 16.6 Å². The third kappa shape index (κ3) is 6.78. The zero-order chi connectivity index (χ0) is 40.2. The van der Waals surface area contributed by atoms with Crippen LogP contribution < -0.4 is 31.9 Å². The van der Waals surface area contributed by atoms with E-state index in [-0.39, 0.29) is 41.6 Å². The van der Waals surface area contributed by atoms with E-state index >= 15 is 0 Å². The maximum absolute atomic E-state index is 13.3. The van der Waals surface area contributed by atoms with Gasteiger partial charge in [0, 0.05) is 88.5 Å². The first-order chi connectivity index (χ1) is 28.0. The Balaban J connectivity index is 0.787. The number of nitrogens with two attached hydrogens (primary N) is 1. The van der Waals surface area contributed by atoms with Crippen molar-refractivity contribution >= 4 is 52.5 Å². The van der Waals surface area contributed by atoms with Crippen molar-refractivity contribution in [2.75, 3.05) is 54.4 Å². The Labute approximate surface area is 333 Å². The number of likely N-dealkylation sites (tertiary alicyclic amines) is 1. The number of benzene rings is 2. The highest BCUT2D eigenvalue weighted by atomic mass is 16.2. The van der Waals surface area contributed by atoms with Crippen LogP contribution >= 0.6 is 0 Å². The lowest BCUT2D eigenvalue weighted by molar-refractivity contribution is -0.136. The number of primary amides is 1. The molecule has 1 unspecified atom stereocenters. The lowest BCUT2D eigenvalue weighted by Gasteiger charge is -2.47. The van der Waals surface area contributed by atoms with Crippen LogP contribution in [0, 0.1) is 0 Å². The SMILES string of the molecule is Cn1ccn([C@@H]2CCCN(c3cnc(C(N)=O)c(Nc4ccc(C5CN(C6CCN(c7ccc8c(c7)C(=O)N(C7CCC(=O)NC7=O)C8=O)CC6)C5)cc4)n3)C2)c1=O. The van der Waals surface area contributed by atoms with Crippen LogP contribution in [0.25, 0.3) is 0 Å². The van der Waals surface area contributed by atoms with Gasteiger partial charge in [-0.2, -0.15) is 0 Å². The van der Waals surface area contributed by atoms with Crippen molar-refractivity contribution in [3.8, 4) is 0 Å². The molecule has 4 fully saturated rings. The first-order valence-corrected chi connectivity index (χ1v) is 19.9. The molecule has 0 aliphatic carbocycles. The summed E-state index contributed by atoms with van der Waals surface area (Å²) in [6, 6.07) is 12.9. The van der Waals surface area contributed by atoms with Gasteiger partial charge in [0.05, 0.1) is 23.4 Å². The normalized spacial score (nSPS) is 21.9. The summed E-state index contributed by atoms with van der Waals surface area (Å²) in [4.78, 5) is 92.5. The molecule has 0 radical (unpaired) electrons. The summed E-state index contributed by atoms with van der Waals surface area (Å²) in [5.41, 5.74) is 9.14. The molecule has 7 heterocycles. The molecule has 2 aromatic carbocycles. The standard InChI is InChI=1S/C41H45N11O6/c1-47-17-18-51(41(47)58)29-3-2-14-49(23-29)33-20-43-35(36(42)54)37(45-33)44-26-6-4-24(5-7-26)25-21-50(22-25)27-12-15-48(16-13-27)28-8-9-30-31(19-28)40(57)52(39(30)56)32-10-11-34(53)46-38(32)55/h4-9,17-20,25,27,29,32H,2-3,10-16,21-23H2,1H3,(H2,42,54)(H,44,45)(H,46,53,55)/t29-,32?/m1/s1. The van der Waals surface area contributed by atoms with E-state index in [0.29, 0.717) is 29.9 Å². The van der Waals surface area contributed by atoms with E-state index in [9.17, 15) is 28.8 Å². The average molecular weight is 788 g/mol. The number of carbonyl (C=O) groups is 5. The van der Waals surface area contributed by atoms with Crippen LogP contribution in [-0.4, -0.2) is 110 Å². The van der Waals surface area contributed by atoms with Gasteiger partial charge in [-0.25, -0.2) is 14.8 Å². The summed E-state index contributed by atoms with van der Waals surface area (Å²) in [6.07, 6.45) is 9.05. The summed E-state index contributed by atoms with van der Waals surface area (Å²) in [6.45, 7) is 4.87. The highest BCUT2D eigenvalue weighted by Crippen LogP contribution is 2.36. The van der Waals surface area contributed by atoms with Gasteiger partial charge in [-0.3, -0.25) is 43.7 Å². The van der Waals surface area contributed by atoms with Crippen molar-refractivity contribution in [1.29, 1.82) is 0 Å².